The van der Waals surface area contributed by atoms with Crippen molar-refractivity contribution in [3.8, 4) is 0 Å². The molecular formula is C6H10BNO2. The largest absolute Gasteiger partial charge is 0.412 e. The standard InChI is InChI=1S/C6H6BN.2H2O/c7-5-1-3-6(8)4-2-5;;/h1-4H,8H2;2*1H2. The second kappa shape index (κ2) is 4.84. The number of rotatable bonds is 0. The van der Waals surface area contributed by atoms with Gasteiger partial charge in [0.1, 0.15) is 7.85 Å². The van der Waals surface area contributed by atoms with Crippen molar-refractivity contribution in [2.75, 3.05) is 5.73 Å². The maximum absolute atomic E-state index is 5.37. The number of anilines is 1. The third-order valence-corrected chi connectivity index (χ3v) is 0.936. The number of nitrogen functional groups attached to an aromatic ring is 1. The molecule has 0 amide bonds. The summed E-state index contributed by atoms with van der Waals surface area (Å²) in [7, 11) is 5.37. The molecule has 1 rings (SSSR count). The summed E-state index contributed by atoms with van der Waals surface area (Å²) in [5, 5.41) is 0. The quantitative estimate of drug-likeness (QED) is 0.340. The predicted molar refractivity (Wildman–Crippen MR) is 43.5 cm³/mol. The highest BCUT2D eigenvalue weighted by atomic mass is 16.0. The molecule has 54 valence electrons. The first kappa shape index (κ1) is 11.8. The molecule has 0 saturated heterocycles. The van der Waals surface area contributed by atoms with Gasteiger partial charge in [0.2, 0.25) is 0 Å². The Morgan fingerprint density at radius 1 is 1.00 bits per heavy atom. The van der Waals surface area contributed by atoms with Crippen molar-refractivity contribution >= 4 is 19.0 Å². The van der Waals surface area contributed by atoms with Gasteiger partial charge in [-0.25, -0.2) is 0 Å². The molecule has 0 heterocycles. The Morgan fingerprint density at radius 2 is 1.40 bits per heavy atom. The van der Waals surface area contributed by atoms with Crippen molar-refractivity contribution in [2.45, 2.75) is 0 Å². The summed E-state index contributed by atoms with van der Waals surface area (Å²) in [6.45, 7) is 0. The van der Waals surface area contributed by atoms with Crippen molar-refractivity contribution in [3.63, 3.8) is 0 Å². The molecule has 0 saturated carbocycles. The van der Waals surface area contributed by atoms with E-state index in [-0.39, 0.29) is 11.0 Å². The molecule has 0 fully saturated rings. The molecule has 4 heteroatoms. The van der Waals surface area contributed by atoms with Gasteiger partial charge in [-0.15, -0.1) is 0 Å². The van der Waals surface area contributed by atoms with Crippen LogP contribution in [0.3, 0.4) is 0 Å². The Balaban J connectivity index is 0. The van der Waals surface area contributed by atoms with Crippen LogP contribution in [0.15, 0.2) is 24.3 Å². The lowest BCUT2D eigenvalue weighted by Gasteiger charge is -1.90. The zero-order chi connectivity index (χ0) is 5.98. The van der Waals surface area contributed by atoms with E-state index in [1.54, 1.807) is 24.3 Å². The average molecular weight is 139 g/mol. The third kappa shape index (κ3) is 3.12. The summed E-state index contributed by atoms with van der Waals surface area (Å²) in [6, 6.07) is 7.09. The Kier molecular flexibility index (Phi) is 5.70. The molecule has 0 bridgehead atoms. The minimum Gasteiger partial charge on any atom is -0.412 e. The van der Waals surface area contributed by atoms with Crippen LogP contribution in [0, 0.1) is 0 Å². The lowest BCUT2D eigenvalue weighted by atomic mass is 9.96. The number of hydrogen-bond donors (Lipinski definition) is 1. The molecule has 0 aliphatic rings. The molecule has 10 heavy (non-hydrogen) atoms. The molecular weight excluding hydrogens is 129 g/mol. The topological polar surface area (TPSA) is 89.0 Å². The zero-order valence-corrected chi connectivity index (χ0v) is 5.46. The van der Waals surface area contributed by atoms with Gasteiger partial charge in [-0.3, -0.25) is 0 Å². The van der Waals surface area contributed by atoms with Gasteiger partial charge in [-0.2, -0.15) is 0 Å². The first-order valence-corrected chi connectivity index (χ1v) is 2.40. The molecule has 0 unspecified atom stereocenters. The Morgan fingerprint density at radius 3 is 1.70 bits per heavy atom. The summed E-state index contributed by atoms with van der Waals surface area (Å²) in [5.74, 6) is 0. The highest BCUT2D eigenvalue weighted by Gasteiger charge is 1.80. The lowest BCUT2D eigenvalue weighted by Crippen LogP contribution is -1.99. The lowest BCUT2D eigenvalue weighted by molar-refractivity contribution is 0.823. The molecule has 0 spiro atoms. The van der Waals surface area contributed by atoms with Crippen molar-refractivity contribution in [2.24, 2.45) is 0 Å². The molecule has 6 N–H and O–H groups in total. The SMILES string of the molecule is O.O.[B]c1ccc(N)cc1. The van der Waals surface area contributed by atoms with E-state index in [4.69, 9.17) is 13.6 Å². The molecule has 1 aromatic rings. The van der Waals surface area contributed by atoms with E-state index < -0.39 is 0 Å². The van der Waals surface area contributed by atoms with Gasteiger partial charge in [0.15, 0.2) is 0 Å². The van der Waals surface area contributed by atoms with Gasteiger partial charge in [-0.05, 0) is 12.1 Å². The van der Waals surface area contributed by atoms with Gasteiger partial charge < -0.3 is 16.7 Å². The van der Waals surface area contributed by atoms with E-state index in [1.165, 1.54) is 0 Å². The minimum absolute atomic E-state index is 0. The van der Waals surface area contributed by atoms with E-state index in [0.29, 0.717) is 0 Å². The maximum atomic E-state index is 5.37. The summed E-state index contributed by atoms with van der Waals surface area (Å²) in [4.78, 5) is 0. The van der Waals surface area contributed by atoms with Crippen molar-refractivity contribution in [1.29, 1.82) is 0 Å². The highest BCUT2D eigenvalue weighted by molar-refractivity contribution is 6.32. The van der Waals surface area contributed by atoms with Gasteiger partial charge in [0.25, 0.3) is 0 Å². The van der Waals surface area contributed by atoms with E-state index in [9.17, 15) is 0 Å². The van der Waals surface area contributed by atoms with Crippen LogP contribution >= 0.6 is 0 Å². The highest BCUT2D eigenvalue weighted by Crippen LogP contribution is 1.93. The second-order valence-electron chi connectivity index (χ2n) is 1.67. The predicted octanol–water partition coefficient (Wildman–Crippen LogP) is -1.59. The van der Waals surface area contributed by atoms with E-state index in [2.05, 4.69) is 0 Å². The fourth-order valence-corrected chi connectivity index (χ4v) is 0.496. The summed E-state index contributed by atoms with van der Waals surface area (Å²) in [6.07, 6.45) is 0. The minimum atomic E-state index is 0. The molecule has 2 radical (unpaired) electrons. The summed E-state index contributed by atoms with van der Waals surface area (Å²) in [5.41, 5.74) is 6.87. The van der Waals surface area contributed by atoms with Crippen molar-refractivity contribution < 1.29 is 11.0 Å². The van der Waals surface area contributed by atoms with Crippen LogP contribution < -0.4 is 11.2 Å². The van der Waals surface area contributed by atoms with Gasteiger partial charge in [0.05, 0.1) is 0 Å². The van der Waals surface area contributed by atoms with E-state index in [1.807, 2.05) is 0 Å². The van der Waals surface area contributed by atoms with Crippen molar-refractivity contribution in [3.05, 3.63) is 24.3 Å². The zero-order valence-electron chi connectivity index (χ0n) is 5.46. The average Bonchev–Trinajstić information content (AvgIpc) is 1.77. The van der Waals surface area contributed by atoms with Crippen LogP contribution in [-0.2, 0) is 0 Å². The molecule has 3 nitrogen and oxygen atoms in total. The molecule has 0 aromatic heterocycles. The van der Waals surface area contributed by atoms with Gasteiger partial charge >= 0.3 is 0 Å². The van der Waals surface area contributed by atoms with E-state index >= 15 is 0 Å². The van der Waals surface area contributed by atoms with Crippen LogP contribution in [0.1, 0.15) is 0 Å². The first-order valence-electron chi connectivity index (χ1n) is 2.40. The third-order valence-electron chi connectivity index (χ3n) is 0.936. The summed E-state index contributed by atoms with van der Waals surface area (Å²) < 4.78 is 0. The molecule has 0 atom stereocenters. The number of benzene rings is 1. The molecule has 0 aliphatic heterocycles. The number of nitrogens with two attached hydrogens (primary N) is 1. The van der Waals surface area contributed by atoms with Crippen LogP contribution in [0.5, 0.6) is 0 Å². The fraction of sp³-hybridized carbons (Fsp3) is 0. The van der Waals surface area contributed by atoms with Crippen LogP contribution in [0.4, 0.5) is 5.69 Å². The monoisotopic (exact) mass is 139 g/mol. The Hall–Kier alpha value is -0.995. The fourth-order valence-electron chi connectivity index (χ4n) is 0.496. The van der Waals surface area contributed by atoms with Crippen LogP contribution in [0.2, 0.25) is 0 Å². The van der Waals surface area contributed by atoms with E-state index in [0.717, 1.165) is 11.2 Å². The van der Waals surface area contributed by atoms with Crippen LogP contribution in [-0.4, -0.2) is 18.8 Å². The van der Waals surface area contributed by atoms with Crippen LogP contribution in [0.25, 0.3) is 0 Å². The van der Waals surface area contributed by atoms with Gasteiger partial charge in [-0.1, -0.05) is 17.6 Å². The maximum Gasteiger partial charge on any atom is 0.113 e. The first-order chi connectivity index (χ1) is 3.79. The normalized spacial score (nSPS) is 7.20. The second-order valence-corrected chi connectivity index (χ2v) is 1.67. The van der Waals surface area contributed by atoms with Crippen molar-refractivity contribution in [1.82, 2.24) is 0 Å². The summed E-state index contributed by atoms with van der Waals surface area (Å²) >= 11 is 0. The van der Waals surface area contributed by atoms with Gasteiger partial charge in [0, 0.05) is 5.69 Å². The Labute approximate surface area is 60.9 Å². The molecule has 0 aliphatic carbocycles. The Bertz CT molecular complexity index is 155. The molecule has 1 aromatic carbocycles. The number of hydrogen-bond acceptors (Lipinski definition) is 1. The smallest absolute Gasteiger partial charge is 0.113 e.